The van der Waals surface area contributed by atoms with Crippen molar-refractivity contribution < 1.29 is 19.1 Å². The SMILES string of the molecule is CC1(OCC(=O)NCCCNC(=O)COC2(C)CC2)CC1. The Morgan fingerprint density at radius 3 is 1.57 bits per heavy atom. The van der Waals surface area contributed by atoms with Gasteiger partial charge in [0.1, 0.15) is 13.2 Å². The number of rotatable bonds is 10. The van der Waals surface area contributed by atoms with E-state index in [4.69, 9.17) is 9.47 Å². The van der Waals surface area contributed by atoms with Crippen molar-refractivity contribution in [3.05, 3.63) is 0 Å². The van der Waals surface area contributed by atoms with Gasteiger partial charge in [-0.25, -0.2) is 0 Å². The maximum absolute atomic E-state index is 11.5. The molecule has 0 bridgehead atoms. The molecule has 2 saturated carbocycles. The van der Waals surface area contributed by atoms with Crippen LogP contribution in [0.2, 0.25) is 0 Å². The third-order valence-corrected chi connectivity index (χ3v) is 4.01. The Balaban J connectivity index is 1.40. The summed E-state index contributed by atoms with van der Waals surface area (Å²) >= 11 is 0. The number of amides is 2. The summed E-state index contributed by atoms with van der Waals surface area (Å²) in [5.74, 6) is -0.195. The van der Waals surface area contributed by atoms with Crippen LogP contribution in [0.3, 0.4) is 0 Å². The number of carbonyl (C=O) groups is 2. The molecule has 120 valence electrons. The van der Waals surface area contributed by atoms with E-state index in [9.17, 15) is 9.59 Å². The summed E-state index contributed by atoms with van der Waals surface area (Å²) < 4.78 is 10.9. The molecule has 6 nitrogen and oxygen atoms in total. The molecule has 0 heterocycles. The summed E-state index contributed by atoms with van der Waals surface area (Å²) in [4.78, 5) is 23.0. The van der Waals surface area contributed by atoms with Gasteiger partial charge in [-0.05, 0) is 46.0 Å². The summed E-state index contributed by atoms with van der Waals surface area (Å²) in [6.07, 6.45) is 4.84. The normalized spacial score (nSPS) is 20.7. The fourth-order valence-corrected chi connectivity index (χ4v) is 1.77. The second kappa shape index (κ2) is 6.75. The van der Waals surface area contributed by atoms with Crippen molar-refractivity contribution in [1.82, 2.24) is 10.6 Å². The first kappa shape index (κ1) is 16.2. The van der Waals surface area contributed by atoms with E-state index in [0.29, 0.717) is 19.5 Å². The van der Waals surface area contributed by atoms with E-state index in [0.717, 1.165) is 25.7 Å². The molecular formula is C15H26N2O4. The summed E-state index contributed by atoms with van der Waals surface area (Å²) in [6, 6.07) is 0. The van der Waals surface area contributed by atoms with Crippen molar-refractivity contribution in [2.45, 2.75) is 57.2 Å². The van der Waals surface area contributed by atoms with Gasteiger partial charge in [0.05, 0.1) is 11.2 Å². The second-order valence-corrected chi connectivity index (χ2v) is 6.53. The molecule has 21 heavy (non-hydrogen) atoms. The first-order chi connectivity index (χ1) is 9.91. The maximum Gasteiger partial charge on any atom is 0.246 e. The average molecular weight is 298 g/mol. The molecule has 2 aliphatic carbocycles. The standard InChI is InChI=1S/C15H26N2O4/c1-14(4-5-14)20-10-12(18)16-8-3-9-17-13(19)11-21-15(2)6-7-15/h3-11H2,1-2H3,(H,16,18)(H,17,19). The van der Waals surface area contributed by atoms with Crippen LogP contribution in [0.5, 0.6) is 0 Å². The molecule has 0 radical (unpaired) electrons. The predicted octanol–water partition coefficient (Wildman–Crippen LogP) is 0.747. The molecule has 2 rings (SSSR count). The summed E-state index contributed by atoms with van der Waals surface area (Å²) in [7, 11) is 0. The molecule has 0 spiro atoms. The molecular weight excluding hydrogens is 272 g/mol. The molecule has 0 atom stereocenters. The van der Waals surface area contributed by atoms with Gasteiger partial charge in [0, 0.05) is 13.1 Å². The fraction of sp³-hybridized carbons (Fsp3) is 0.867. The van der Waals surface area contributed by atoms with Crippen molar-refractivity contribution in [2.24, 2.45) is 0 Å². The Kier molecular flexibility index (Phi) is 5.22. The zero-order valence-electron chi connectivity index (χ0n) is 13.0. The van der Waals surface area contributed by atoms with Crippen LogP contribution in [0.15, 0.2) is 0 Å². The highest BCUT2D eigenvalue weighted by Gasteiger charge is 2.39. The molecule has 0 aliphatic heterocycles. The van der Waals surface area contributed by atoms with Gasteiger partial charge < -0.3 is 20.1 Å². The number of hydrogen-bond acceptors (Lipinski definition) is 4. The van der Waals surface area contributed by atoms with Crippen LogP contribution in [-0.2, 0) is 19.1 Å². The quantitative estimate of drug-likeness (QED) is 0.583. The Labute approximate surface area is 125 Å². The number of ether oxygens (including phenoxy) is 2. The van der Waals surface area contributed by atoms with Crippen LogP contribution < -0.4 is 10.6 Å². The van der Waals surface area contributed by atoms with Crippen LogP contribution in [0.25, 0.3) is 0 Å². The zero-order valence-corrected chi connectivity index (χ0v) is 13.0. The molecule has 2 fully saturated rings. The molecule has 0 aromatic heterocycles. The Bertz CT molecular complexity index is 353. The van der Waals surface area contributed by atoms with E-state index >= 15 is 0 Å². The van der Waals surface area contributed by atoms with Gasteiger partial charge >= 0.3 is 0 Å². The first-order valence-electron chi connectivity index (χ1n) is 7.72. The monoisotopic (exact) mass is 298 g/mol. The van der Waals surface area contributed by atoms with E-state index in [1.54, 1.807) is 0 Å². The van der Waals surface area contributed by atoms with Crippen molar-refractivity contribution in [3.63, 3.8) is 0 Å². The molecule has 0 aromatic carbocycles. The van der Waals surface area contributed by atoms with Crippen molar-refractivity contribution in [1.29, 1.82) is 0 Å². The highest BCUT2D eigenvalue weighted by atomic mass is 16.5. The van der Waals surface area contributed by atoms with Crippen LogP contribution in [-0.4, -0.2) is 49.3 Å². The van der Waals surface area contributed by atoms with Crippen LogP contribution in [0.1, 0.15) is 46.0 Å². The van der Waals surface area contributed by atoms with E-state index in [1.807, 2.05) is 13.8 Å². The molecule has 2 amide bonds. The van der Waals surface area contributed by atoms with Crippen molar-refractivity contribution >= 4 is 11.8 Å². The fourth-order valence-electron chi connectivity index (χ4n) is 1.77. The Morgan fingerprint density at radius 2 is 1.24 bits per heavy atom. The molecule has 6 heteroatoms. The van der Waals surface area contributed by atoms with E-state index in [-0.39, 0.29) is 36.2 Å². The highest BCUT2D eigenvalue weighted by Crippen LogP contribution is 2.38. The molecule has 2 aliphatic rings. The van der Waals surface area contributed by atoms with E-state index in [2.05, 4.69) is 10.6 Å². The lowest BCUT2D eigenvalue weighted by molar-refractivity contribution is -0.128. The van der Waals surface area contributed by atoms with Gasteiger partial charge in [-0.2, -0.15) is 0 Å². The van der Waals surface area contributed by atoms with Gasteiger partial charge in [0.15, 0.2) is 0 Å². The highest BCUT2D eigenvalue weighted by molar-refractivity contribution is 5.77. The van der Waals surface area contributed by atoms with E-state index in [1.165, 1.54) is 0 Å². The minimum atomic E-state index is -0.0977. The Hall–Kier alpha value is -1.14. The molecule has 0 saturated heterocycles. The second-order valence-electron chi connectivity index (χ2n) is 6.53. The van der Waals surface area contributed by atoms with Crippen LogP contribution in [0, 0.1) is 0 Å². The topological polar surface area (TPSA) is 76.7 Å². The lowest BCUT2D eigenvalue weighted by Gasteiger charge is -2.12. The van der Waals surface area contributed by atoms with Gasteiger partial charge in [-0.3, -0.25) is 9.59 Å². The molecule has 0 unspecified atom stereocenters. The van der Waals surface area contributed by atoms with Gasteiger partial charge in [0.2, 0.25) is 11.8 Å². The first-order valence-corrected chi connectivity index (χ1v) is 7.72. The largest absolute Gasteiger partial charge is 0.365 e. The lowest BCUT2D eigenvalue weighted by Crippen LogP contribution is -2.34. The van der Waals surface area contributed by atoms with Crippen molar-refractivity contribution in [2.75, 3.05) is 26.3 Å². The molecule has 0 aromatic rings. The maximum atomic E-state index is 11.5. The average Bonchev–Trinajstić information content (AvgIpc) is 3.35. The minimum Gasteiger partial charge on any atom is -0.365 e. The van der Waals surface area contributed by atoms with E-state index < -0.39 is 0 Å². The Morgan fingerprint density at radius 1 is 0.857 bits per heavy atom. The number of carbonyl (C=O) groups excluding carboxylic acids is 2. The smallest absolute Gasteiger partial charge is 0.246 e. The predicted molar refractivity (Wildman–Crippen MR) is 77.8 cm³/mol. The van der Waals surface area contributed by atoms with Crippen LogP contribution >= 0.6 is 0 Å². The van der Waals surface area contributed by atoms with Crippen molar-refractivity contribution in [3.8, 4) is 0 Å². The minimum absolute atomic E-state index is 0.0660. The number of nitrogens with one attached hydrogen (secondary N) is 2. The van der Waals surface area contributed by atoms with Gasteiger partial charge in [-0.15, -0.1) is 0 Å². The summed E-state index contributed by atoms with van der Waals surface area (Å²) in [5.41, 5.74) is -0.132. The van der Waals surface area contributed by atoms with Gasteiger partial charge in [0.25, 0.3) is 0 Å². The zero-order chi connectivity index (χ0) is 15.3. The van der Waals surface area contributed by atoms with Gasteiger partial charge in [-0.1, -0.05) is 0 Å². The lowest BCUT2D eigenvalue weighted by atomic mass is 10.4. The third-order valence-electron chi connectivity index (χ3n) is 4.01. The van der Waals surface area contributed by atoms with Crippen LogP contribution in [0.4, 0.5) is 0 Å². The summed E-state index contributed by atoms with van der Waals surface area (Å²) in [5, 5.41) is 5.55. The number of hydrogen-bond donors (Lipinski definition) is 2. The molecule has 2 N–H and O–H groups in total. The third kappa shape index (κ3) is 6.44. The summed E-state index contributed by atoms with van der Waals surface area (Å²) in [6.45, 7) is 5.35.